The van der Waals surface area contributed by atoms with Crippen LogP contribution in [0.15, 0.2) is 18.2 Å². The average molecular weight is 580 g/mol. The molecule has 2 aromatic carbocycles. The highest BCUT2D eigenvalue weighted by molar-refractivity contribution is 6.09. The van der Waals surface area contributed by atoms with Crippen molar-refractivity contribution < 1.29 is 79.2 Å². The normalized spacial score (nSPS) is 36.1. The van der Waals surface area contributed by atoms with Crippen molar-refractivity contribution >= 4 is 11.8 Å². The fourth-order valence-corrected chi connectivity index (χ4v) is 5.50. The summed E-state index contributed by atoms with van der Waals surface area (Å²) >= 11 is 0. The quantitative estimate of drug-likeness (QED) is 0.104. The molecule has 9 N–H and O–H groups in total. The Morgan fingerprint density at radius 2 is 1.54 bits per heavy atom. The van der Waals surface area contributed by atoms with E-state index in [0.29, 0.717) is 0 Å². The number of phenols is 4. The van der Waals surface area contributed by atoms with E-state index >= 15 is 0 Å². The fourth-order valence-electron chi connectivity index (χ4n) is 5.50. The van der Waals surface area contributed by atoms with Crippen molar-refractivity contribution in [3.63, 3.8) is 0 Å². The zero-order chi connectivity index (χ0) is 29.5. The predicted molar refractivity (Wildman–Crippen MR) is 125 cm³/mol. The molecule has 16 heteroatoms. The van der Waals surface area contributed by atoms with Crippen molar-refractivity contribution in [3.8, 4) is 34.5 Å². The third kappa shape index (κ3) is 3.84. The van der Waals surface area contributed by atoms with Crippen LogP contribution in [0.1, 0.15) is 22.8 Å². The first-order valence-electron chi connectivity index (χ1n) is 12.3. The zero-order valence-electron chi connectivity index (χ0n) is 20.6. The van der Waals surface area contributed by atoms with Gasteiger partial charge in [0.05, 0.1) is 24.3 Å². The topological polar surface area (TPSA) is 262 Å². The van der Waals surface area contributed by atoms with E-state index in [1.807, 2.05) is 0 Å². The summed E-state index contributed by atoms with van der Waals surface area (Å²) in [6, 6.07) is 2.93. The molecule has 2 aromatic rings. The number of cyclic esters (lactones) is 1. The molecule has 4 aliphatic rings. The lowest BCUT2D eigenvalue weighted by molar-refractivity contribution is -0.232. The van der Waals surface area contributed by atoms with Crippen LogP contribution in [0.4, 0.5) is 0 Å². The van der Waals surface area contributed by atoms with Crippen LogP contribution in [0, 0.1) is 0 Å². The number of carbonyl (C=O) groups excluding carboxylic acids is 2. The van der Waals surface area contributed by atoms with E-state index in [2.05, 4.69) is 0 Å². The van der Waals surface area contributed by atoms with Crippen LogP contribution in [0.25, 0.3) is 0 Å². The van der Waals surface area contributed by atoms with Gasteiger partial charge in [-0.3, -0.25) is 4.79 Å². The molecule has 0 saturated carbocycles. The Bertz CT molecular complexity index is 1440. The molecule has 6 rings (SSSR count). The highest BCUT2D eigenvalue weighted by Crippen LogP contribution is 2.60. The number of rotatable bonds is 3. The van der Waals surface area contributed by atoms with Gasteiger partial charge in [0, 0.05) is 12.1 Å². The molecular formula is C25H24O16. The standard InChI is InChI=1S/C25H24O16/c26-4-12-16(30)18(32)19(33)23(39-12)14-9(29)3-11-15(17(14)31)25(6-1-7(27)8(28)2-10(6)38-11)37-5-13(41-25)22-20(34)21(35)24(36)40-22/h1-3,12-13,16,18-19,21-23,26-33,35H,4-5H2/t12-,13?,16-,18+,19-,21?,22?,23?,25?/m1/s1. The smallest absolute Gasteiger partial charge is 0.343 e. The molecule has 0 aromatic heterocycles. The highest BCUT2D eigenvalue weighted by atomic mass is 16.8. The van der Waals surface area contributed by atoms with Gasteiger partial charge >= 0.3 is 5.97 Å². The Balaban J connectivity index is 1.51. The number of esters is 1. The van der Waals surface area contributed by atoms with Crippen molar-refractivity contribution in [2.24, 2.45) is 0 Å². The summed E-state index contributed by atoms with van der Waals surface area (Å²) in [7, 11) is 0. The number of aromatic hydroxyl groups is 4. The average Bonchev–Trinajstić information content (AvgIpc) is 3.47. The van der Waals surface area contributed by atoms with Gasteiger partial charge in [-0.2, -0.15) is 0 Å². The second-order valence-corrected chi connectivity index (χ2v) is 9.97. The summed E-state index contributed by atoms with van der Waals surface area (Å²) in [5.41, 5.74) is -1.08. The van der Waals surface area contributed by atoms with E-state index in [1.54, 1.807) is 0 Å². The Hall–Kier alpha value is -3.74. The van der Waals surface area contributed by atoms with Crippen molar-refractivity contribution in [1.82, 2.24) is 0 Å². The first-order valence-corrected chi connectivity index (χ1v) is 12.3. The maximum absolute atomic E-state index is 12.5. The molecule has 3 saturated heterocycles. The lowest BCUT2D eigenvalue weighted by atomic mass is 9.85. The Morgan fingerprint density at radius 3 is 2.20 bits per heavy atom. The van der Waals surface area contributed by atoms with E-state index in [1.165, 1.54) is 0 Å². The maximum Gasteiger partial charge on any atom is 0.343 e. The van der Waals surface area contributed by atoms with Crippen LogP contribution in [0.5, 0.6) is 34.5 Å². The number of ether oxygens (including phenoxy) is 5. The first kappa shape index (κ1) is 27.4. The van der Waals surface area contributed by atoms with Gasteiger partial charge in [-0.15, -0.1) is 0 Å². The van der Waals surface area contributed by atoms with Gasteiger partial charge in [-0.1, -0.05) is 0 Å². The third-order valence-electron chi connectivity index (χ3n) is 7.56. The summed E-state index contributed by atoms with van der Waals surface area (Å²) in [6.07, 6.45) is -13.7. The van der Waals surface area contributed by atoms with E-state index in [4.69, 9.17) is 23.7 Å². The van der Waals surface area contributed by atoms with Crippen molar-refractivity contribution in [1.29, 1.82) is 0 Å². The van der Waals surface area contributed by atoms with Gasteiger partial charge in [-0.05, 0) is 6.07 Å². The molecule has 0 bridgehead atoms. The molecule has 4 heterocycles. The highest BCUT2D eigenvalue weighted by Gasteiger charge is 2.59. The van der Waals surface area contributed by atoms with Gasteiger partial charge in [0.1, 0.15) is 65.2 Å². The largest absolute Gasteiger partial charge is 0.507 e. The van der Waals surface area contributed by atoms with Gasteiger partial charge < -0.3 is 69.6 Å². The van der Waals surface area contributed by atoms with Crippen molar-refractivity contribution in [2.75, 3.05) is 13.2 Å². The van der Waals surface area contributed by atoms with Crippen LogP contribution in [0.2, 0.25) is 0 Å². The number of aliphatic hydroxyl groups excluding tert-OH is 5. The minimum Gasteiger partial charge on any atom is -0.507 e. The Morgan fingerprint density at radius 1 is 0.854 bits per heavy atom. The lowest BCUT2D eigenvalue weighted by Gasteiger charge is -2.41. The number of carbonyl (C=O) groups is 2. The molecule has 9 atom stereocenters. The van der Waals surface area contributed by atoms with Crippen LogP contribution in [-0.4, -0.2) is 114 Å². The Kier molecular flexibility index (Phi) is 6.29. The van der Waals surface area contributed by atoms with E-state index in [-0.39, 0.29) is 22.6 Å². The van der Waals surface area contributed by atoms with E-state index in [9.17, 15) is 55.5 Å². The molecular weight excluding hydrogens is 556 g/mol. The monoisotopic (exact) mass is 580 g/mol. The number of ketones is 1. The minimum atomic E-state index is -2.28. The van der Waals surface area contributed by atoms with Crippen LogP contribution < -0.4 is 4.74 Å². The minimum absolute atomic E-state index is 0.152. The summed E-state index contributed by atoms with van der Waals surface area (Å²) in [5.74, 6) is -7.90. The predicted octanol–water partition coefficient (Wildman–Crippen LogP) is -2.40. The molecule has 1 spiro atoms. The van der Waals surface area contributed by atoms with E-state index in [0.717, 1.165) is 18.2 Å². The van der Waals surface area contributed by atoms with Gasteiger partial charge in [0.25, 0.3) is 0 Å². The van der Waals surface area contributed by atoms with Crippen molar-refractivity contribution in [2.45, 2.75) is 54.6 Å². The number of aliphatic hydroxyl groups is 5. The molecule has 4 aliphatic heterocycles. The number of phenolic OH excluding ortho intramolecular Hbond substituents is 4. The SMILES string of the molecule is O=C1OC(C2COC3(O2)c2cc(O)c(O)cc2Oc2cc(O)c(C4O[C@H](CO)[C@@H](O)[C@H](O)[C@H]4O)c(O)c23)C(=O)C1O. The molecule has 0 radical (unpaired) electrons. The van der Waals surface area contributed by atoms with E-state index < -0.39 is 108 Å². The van der Waals surface area contributed by atoms with Crippen molar-refractivity contribution in [3.05, 3.63) is 34.9 Å². The number of benzene rings is 2. The summed E-state index contributed by atoms with van der Waals surface area (Å²) in [4.78, 5) is 24.3. The number of hydrogen-bond acceptors (Lipinski definition) is 16. The molecule has 5 unspecified atom stereocenters. The molecule has 3 fully saturated rings. The van der Waals surface area contributed by atoms with Crippen LogP contribution in [-0.2, 0) is 34.3 Å². The number of hydrogen-bond donors (Lipinski definition) is 9. The molecule has 220 valence electrons. The second-order valence-electron chi connectivity index (χ2n) is 9.97. The summed E-state index contributed by atoms with van der Waals surface area (Å²) in [5, 5.41) is 93.3. The molecule has 0 aliphatic carbocycles. The van der Waals surface area contributed by atoms with Gasteiger partial charge in [-0.25, -0.2) is 4.79 Å². The van der Waals surface area contributed by atoms with Crippen LogP contribution in [0.3, 0.4) is 0 Å². The fraction of sp³-hybridized carbons (Fsp3) is 0.440. The third-order valence-corrected chi connectivity index (χ3v) is 7.56. The maximum atomic E-state index is 12.5. The second kappa shape index (κ2) is 9.40. The molecule has 16 nitrogen and oxygen atoms in total. The summed E-state index contributed by atoms with van der Waals surface area (Å²) < 4.78 is 28.2. The zero-order valence-corrected chi connectivity index (χ0v) is 20.6. The number of Topliss-reactive ketones (excluding diaryl/α,β-unsaturated/α-hetero) is 1. The van der Waals surface area contributed by atoms with Gasteiger partial charge in [0.15, 0.2) is 17.6 Å². The van der Waals surface area contributed by atoms with Crippen LogP contribution >= 0.6 is 0 Å². The Labute approximate surface area is 228 Å². The molecule has 0 amide bonds. The summed E-state index contributed by atoms with van der Waals surface area (Å²) in [6.45, 7) is -1.28. The first-order chi connectivity index (χ1) is 19.4. The van der Waals surface area contributed by atoms with Gasteiger partial charge in [0.2, 0.25) is 17.7 Å². The number of fused-ring (bicyclic) bond motifs is 4. The lowest BCUT2D eigenvalue weighted by Crippen LogP contribution is -2.55. The molecule has 41 heavy (non-hydrogen) atoms.